The molecule has 0 radical (unpaired) electrons. The van der Waals surface area contributed by atoms with E-state index >= 15 is 0 Å². The fraction of sp³-hybridized carbons (Fsp3) is 0.866. The number of unbranched alkanes of at least 4 members (excludes halogenated alkanes) is 9. The van der Waals surface area contributed by atoms with Crippen molar-refractivity contribution in [2.24, 2.45) is 59.2 Å². The summed E-state index contributed by atoms with van der Waals surface area (Å²) >= 11 is -1.67. The second-order valence-electron chi connectivity index (χ2n) is 35.3. The summed E-state index contributed by atoms with van der Waals surface area (Å²) in [6.07, 6.45) is 45.0. The van der Waals surface area contributed by atoms with Crippen LogP contribution in [0, 0.1) is 81.5 Å². The molecule has 1 aromatic rings. The van der Waals surface area contributed by atoms with Crippen LogP contribution in [0.3, 0.4) is 0 Å². The Kier molecular flexibility index (Phi) is 58.3. The molecule has 99 heavy (non-hydrogen) atoms. The van der Waals surface area contributed by atoms with E-state index in [0.29, 0.717) is 0 Å². The molecule has 0 amide bonds. The van der Waals surface area contributed by atoms with Crippen LogP contribution in [0.2, 0.25) is 37.3 Å². The first-order valence-corrected chi connectivity index (χ1v) is 57.7. The standard InChI is InChI=1S/C28H48NOSi.C26H50NO.C25H48NOSi.3CH3.6ClH.3Ti/c1-28(2,3)30-20-14-7-6-13-19-29-31(4,5)27-22-24(21-23-15-9-8-10-16-23)25-17-11-12-18-26(25)27;1-24(2,3)27-26(7,8)23-19-20(21-16-12-13-17-22(21)23)15-11-9-10-14-18-28-25(4,5)6;1-7-8-18-26-28(5,6)24-20-21(22-16-12-13-17-23(22)24)15-11-9-10-14-19-27-25(2,3)4;;;;;;;;;;;;/h8-10,15-16,24-27H,6-7,11-14,17-22H2,1-5H3;20-23H,9-19H2,1-8H3;7,21-24H,1,8-20H2,2-6H3;3*1H3;6*1H;;;/q6*-1;;;;;;;3*+2/p-6. The van der Waals surface area contributed by atoms with Gasteiger partial charge in [0.15, 0.2) is 0 Å². The van der Waals surface area contributed by atoms with E-state index in [0.717, 1.165) is 110 Å². The van der Waals surface area contributed by atoms with Crippen LogP contribution in [-0.2, 0) is 71.7 Å². The van der Waals surface area contributed by atoms with Gasteiger partial charge in [0.25, 0.3) is 0 Å². The first-order chi connectivity index (χ1) is 45.1. The van der Waals surface area contributed by atoms with Gasteiger partial charge in [-0.1, -0.05) is 272 Å². The predicted octanol–water partition coefficient (Wildman–Crippen LogP) is 30.1. The van der Waals surface area contributed by atoms with Crippen LogP contribution in [0.15, 0.2) is 43.0 Å². The summed E-state index contributed by atoms with van der Waals surface area (Å²) in [7, 11) is 26.3. The van der Waals surface area contributed by atoms with E-state index in [1.54, 1.807) is 5.56 Å². The molecule has 0 bridgehead atoms. The van der Waals surface area contributed by atoms with Gasteiger partial charge in [-0.3, -0.25) is 0 Å². The molecule has 0 heterocycles. The number of halogens is 6. The van der Waals surface area contributed by atoms with Gasteiger partial charge < -0.3 is 51.8 Å². The molecule has 584 valence electrons. The van der Waals surface area contributed by atoms with E-state index in [4.69, 9.17) is 85.3 Å². The molecule has 6 fully saturated rings. The van der Waals surface area contributed by atoms with Crippen LogP contribution in [-0.4, -0.2) is 77.3 Å². The van der Waals surface area contributed by atoms with Gasteiger partial charge in [0.05, 0.1) is 16.8 Å². The minimum atomic E-state index is -1.54. The maximum absolute atomic E-state index is 5.86. The van der Waals surface area contributed by atoms with E-state index in [9.17, 15) is 0 Å². The van der Waals surface area contributed by atoms with Crippen LogP contribution in [0.5, 0.6) is 0 Å². The average Bonchev–Trinajstić information content (AvgIpc) is 1.65. The Hall–Kier alpha value is 3.04. The predicted molar refractivity (Wildman–Crippen MR) is 441 cm³/mol. The van der Waals surface area contributed by atoms with Gasteiger partial charge in [-0.05, 0) is 179 Å². The third-order valence-electron chi connectivity index (χ3n) is 22.3. The van der Waals surface area contributed by atoms with E-state index in [2.05, 4.69) is 160 Å². The van der Waals surface area contributed by atoms with Crippen molar-refractivity contribution in [3.8, 4) is 0 Å². The van der Waals surface area contributed by atoms with Crippen LogP contribution < -0.4 is 0 Å². The van der Waals surface area contributed by atoms with E-state index in [-0.39, 0.29) is 50.2 Å². The van der Waals surface area contributed by atoms with Crippen LogP contribution >= 0.6 is 55.8 Å². The van der Waals surface area contributed by atoms with Crippen LogP contribution in [0.4, 0.5) is 0 Å². The molecule has 6 aliphatic rings. The quantitative estimate of drug-likeness (QED) is 0.0312. The average molecular weight is 1640 g/mol. The van der Waals surface area contributed by atoms with Crippen molar-refractivity contribution in [1.29, 1.82) is 0 Å². The summed E-state index contributed by atoms with van der Waals surface area (Å²) in [5.41, 5.74) is 3.62. The van der Waals surface area contributed by atoms with Crippen LogP contribution in [0.1, 0.15) is 295 Å². The van der Waals surface area contributed by atoms with Gasteiger partial charge >= 0.3 is 107 Å². The monoisotopic (exact) mass is 1640 g/mol. The molecule has 12 atom stereocenters. The minimum absolute atomic E-state index is 0. The van der Waals surface area contributed by atoms with Gasteiger partial charge in [-0.15, -0.1) is 24.2 Å². The normalized spacial score (nSPS) is 25.1. The van der Waals surface area contributed by atoms with Gasteiger partial charge in [-0.2, -0.15) is 6.54 Å². The zero-order valence-corrected chi connectivity index (χ0v) is 79.1. The second kappa shape index (κ2) is 55.4. The Morgan fingerprint density at radius 3 is 1.17 bits per heavy atom. The number of hydrogen-bond acceptors (Lipinski definition) is 3. The first kappa shape index (κ1) is 104. The summed E-state index contributed by atoms with van der Waals surface area (Å²) in [6.45, 7) is 49.9. The molecule has 1 aromatic carbocycles. The molecule has 17 heteroatoms. The van der Waals surface area contributed by atoms with Gasteiger partial charge in [0.2, 0.25) is 0 Å². The third-order valence-corrected chi connectivity index (χ3v) is 29.4. The summed E-state index contributed by atoms with van der Waals surface area (Å²) in [5, 5.41) is 5.28. The fourth-order valence-corrected chi connectivity index (χ4v) is 25.1. The number of hydrogen-bond donors (Lipinski definition) is 0. The van der Waals surface area contributed by atoms with Gasteiger partial charge in [-0.25, -0.2) is 0 Å². The number of benzene rings is 1. The SMILES string of the molecule is C=CCC[N-][Si](C)(C)C1CC(CCCCCCOC(C)(C)C)C2CCCCC21.CC(C)(C)OCCCCCC[N-][Si](C)(C)C1CC(Cc2ccccc2)C2CCCCC21.CC(C)(C)[N-]C(C)(C)C1CC(CCCCCCOC(C)(C)C)C2CCCCC21.[CH3-].[CH3-].[CH3-].[Cl][Ti][Cl].[Cl][Ti][Cl].[Cl][Ti][Cl]. The first-order valence-electron chi connectivity index (χ1n) is 38.7. The summed E-state index contributed by atoms with van der Waals surface area (Å²) in [6, 6.07) is 11.2. The van der Waals surface area contributed by atoms with Gasteiger partial charge in [0, 0.05) is 19.8 Å². The number of ether oxygens (including phenoxy) is 3. The summed E-state index contributed by atoms with van der Waals surface area (Å²) in [5.74, 6) is 9.48. The van der Waals surface area contributed by atoms with Crippen molar-refractivity contribution in [3.05, 3.63) is 86.1 Å². The maximum atomic E-state index is 5.86. The molecule has 12 unspecified atom stereocenters. The molecule has 0 spiro atoms. The molecular weight excluding hydrogens is 1490 g/mol. The Morgan fingerprint density at radius 2 is 0.778 bits per heavy atom. The second-order valence-corrected chi connectivity index (χ2v) is 51.8. The summed E-state index contributed by atoms with van der Waals surface area (Å²) < 4.78 is 17.6. The molecule has 6 saturated carbocycles. The van der Waals surface area contributed by atoms with Crippen LogP contribution in [0.25, 0.3) is 15.3 Å². The number of rotatable bonds is 32. The number of nitrogens with zero attached hydrogens (tertiary/aromatic N) is 3. The molecule has 0 saturated heterocycles. The zero-order valence-electron chi connectivity index (χ0n) is 67.9. The Balaban J connectivity index is 0. The van der Waals surface area contributed by atoms with Crippen molar-refractivity contribution >= 4 is 72.3 Å². The molecule has 0 aromatic heterocycles. The molecule has 7 rings (SSSR count). The molecule has 0 aliphatic heterocycles. The Morgan fingerprint density at radius 1 is 0.444 bits per heavy atom. The van der Waals surface area contributed by atoms with Crippen molar-refractivity contribution in [1.82, 2.24) is 0 Å². The van der Waals surface area contributed by atoms with Gasteiger partial charge in [0.1, 0.15) is 0 Å². The van der Waals surface area contributed by atoms with Crippen molar-refractivity contribution in [3.63, 3.8) is 0 Å². The molecular formula is C82H155Cl6N3O3Si2Ti3-6. The Labute approximate surface area is 670 Å². The van der Waals surface area contributed by atoms with Crippen molar-refractivity contribution in [2.75, 3.05) is 32.9 Å². The summed E-state index contributed by atoms with van der Waals surface area (Å²) in [4.78, 5) is 10.7. The topological polar surface area (TPSA) is 70.0 Å². The Bertz CT molecular complexity index is 2100. The zero-order chi connectivity index (χ0) is 72.1. The molecule has 6 nitrogen and oxygen atoms in total. The van der Waals surface area contributed by atoms with Crippen molar-refractivity contribution in [2.45, 2.75) is 361 Å². The van der Waals surface area contributed by atoms with Crippen molar-refractivity contribution < 1.29 is 65.3 Å². The molecule has 6 aliphatic carbocycles. The third kappa shape index (κ3) is 44.6. The van der Waals surface area contributed by atoms with E-state index in [1.807, 2.05) is 6.08 Å². The van der Waals surface area contributed by atoms with E-state index in [1.165, 1.54) is 193 Å². The number of fused-ring (bicyclic) bond motifs is 3. The fourth-order valence-electron chi connectivity index (χ4n) is 18.5. The van der Waals surface area contributed by atoms with E-state index < -0.39 is 67.6 Å². The molecule has 0 N–H and O–H groups in total.